The molecule has 108 valence electrons. The number of urea groups is 1. The molecule has 0 bridgehead atoms. The molecule has 0 aliphatic carbocycles. The number of rotatable bonds is 5. The molecule has 21 heavy (non-hydrogen) atoms. The molecule has 0 fully saturated rings. The Labute approximate surface area is 122 Å². The Hall–Kier alpha value is -2.82. The highest BCUT2D eigenvalue weighted by Crippen LogP contribution is 2.17. The summed E-state index contributed by atoms with van der Waals surface area (Å²) in [6.45, 7) is 2.47. The maximum Gasteiger partial charge on any atom is 0.323 e. The highest BCUT2D eigenvalue weighted by molar-refractivity contribution is 6.00. The van der Waals surface area contributed by atoms with Crippen molar-refractivity contribution in [2.24, 2.45) is 0 Å². The SMILES string of the molecule is CCOc1cccc(NC(=O)Nc2ccc(C=O)cc2)c1. The summed E-state index contributed by atoms with van der Waals surface area (Å²) >= 11 is 0. The van der Waals surface area contributed by atoms with Crippen molar-refractivity contribution in [2.45, 2.75) is 6.92 Å². The number of amides is 2. The van der Waals surface area contributed by atoms with Crippen molar-refractivity contribution < 1.29 is 14.3 Å². The molecule has 0 spiro atoms. The zero-order valence-electron chi connectivity index (χ0n) is 11.6. The molecule has 0 saturated heterocycles. The average Bonchev–Trinajstić information content (AvgIpc) is 2.48. The van der Waals surface area contributed by atoms with Gasteiger partial charge in [-0.15, -0.1) is 0 Å². The van der Waals surface area contributed by atoms with Crippen molar-refractivity contribution in [3.63, 3.8) is 0 Å². The third kappa shape index (κ3) is 4.35. The number of ether oxygens (including phenoxy) is 1. The molecule has 0 aliphatic heterocycles. The van der Waals surface area contributed by atoms with E-state index in [1.165, 1.54) is 0 Å². The summed E-state index contributed by atoms with van der Waals surface area (Å²) in [6, 6.07) is 13.4. The van der Waals surface area contributed by atoms with Crippen LogP contribution in [0.15, 0.2) is 48.5 Å². The van der Waals surface area contributed by atoms with Crippen LogP contribution in [-0.2, 0) is 0 Å². The van der Waals surface area contributed by atoms with Crippen molar-refractivity contribution >= 4 is 23.7 Å². The lowest BCUT2D eigenvalue weighted by atomic mass is 10.2. The summed E-state index contributed by atoms with van der Waals surface area (Å²) in [6.07, 6.45) is 0.753. The highest BCUT2D eigenvalue weighted by Gasteiger charge is 2.03. The molecule has 2 aromatic carbocycles. The largest absolute Gasteiger partial charge is 0.494 e. The molecule has 0 aromatic heterocycles. The van der Waals surface area contributed by atoms with Crippen LogP contribution in [0, 0.1) is 0 Å². The smallest absolute Gasteiger partial charge is 0.323 e. The van der Waals surface area contributed by atoms with Gasteiger partial charge in [0.05, 0.1) is 6.61 Å². The standard InChI is InChI=1S/C16H16N2O3/c1-2-21-15-5-3-4-14(10-15)18-16(20)17-13-8-6-12(11-19)7-9-13/h3-11H,2H2,1H3,(H2,17,18,20). The highest BCUT2D eigenvalue weighted by atomic mass is 16.5. The molecule has 0 saturated carbocycles. The molecule has 2 aromatic rings. The van der Waals surface area contributed by atoms with Gasteiger partial charge in [0.1, 0.15) is 12.0 Å². The van der Waals surface area contributed by atoms with Crippen LogP contribution in [0.2, 0.25) is 0 Å². The second kappa shape index (κ2) is 7.09. The van der Waals surface area contributed by atoms with Gasteiger partial charge in [0.25, 0.3) is 0 Å². The minimum atomic E-state index is -0.359. The second-order valence-corrected chi connectivity index (χ2v) is 4.28. The lowest BCUT2D eigenvalue weighted by Crippen LogP contribution is -2.19. The Kier molecular flexibility index (Phi) is 4.93. The van der Waals surface area contributed by atoms with E-state index in [0.29, 0.717) is 29.3 Å². The predicted octanol–water partition coefficient (Wildman–Crippen LogP) is 3.54. The summed E-state index contributed by atoms with van der Waals surface area (Å²) in [4.78, 5) is 22.4. The summed E-state index contributed by atoms with van der Waals surface area (Å²) < 4.78 is 5.37. The molecule has 0 radical (unpaired) electrons. The van der Waals surface area contributed by atoms with Crippen LogP contribution in [0.4, 0.5) is 16.2 Å². The van der Waals surface area contributed by atoms with Gasteiger partial charge in [0, 0.05) is 23.0 Å². The van der Waals surface area contributed by atoms with Gasteiger partial charge in [0.2, 0.25) is 0 Å². The van der Waals surface area contributed by atoms with Crippen molar-refractivity contribution in [1.29, 1.82) is 0 Å². The first-order valence-corrected chi connectivity index (χ1v) is 6.57. The van der Waals surface area contributed by atoms with Crippen molar-refractivity contribution in [1.82, 2.24) is 0 Å². The predicted molar refractivity (Wildman–Crippen MR) is 82.1 cm³/mol. The van der Waals surface area contributed by atoms with Crippen molar-refractivity contribution in [2.75, 3.05) is 17.2 Å². The fraction of sp³-hybridized carbons (Fsp3) is 0.125. The number of hydrogen-bond acceptors (Lipinski definition) is 3. The first kappa shape index (κ1) is 14.6. The van der Waals surface area contributed by atoms with Crippen LogP contribution >= 0.6 is 0 Å². The van der Waals surface area contributed by atoms with Gasteiger partial charge in [0.15, 0.2) is 0 Å². The van der Waals surface area contributed by atoms with E-state index < -0.39 is 0 Å². The molecule has 5 heteroatoms. The summed E-state index contributed by atoms with van der Waals surface area (Å²) in [7, 11) is 0. The number of nitrogens with one attached hydrogen (secondary N) is 2. The van der Waals surface area contributed by atoms with Gasteiger partial charge >= 0.3 is 6.03 Å². The molecule has 2 N–H and O–H groups in total. The Morgan fingerprint density at radius 1 is 1.10 bits per heavy atom. The van der Waals surface area contributed by atoms with Crippen LogP contribution in [0.3, 0.4) is 0 Å². The van der Waals surface area contributed by atoms with Crippen LogP contribution in [0.25, 0.3) is 0 Å². The fourth-order valence-electron chi connectivity index (χ4n) is 1.77. The van der Waals surface area contributed by atoms with Gasteiger partial charge in [-0.2, -0.15) is 0 Å². The molecular weight excluding hydrogens is 268 g/mol. The normalized spacial score (nSPS) is 9.76. The lowest BCUT2D eigenvalue weighted by molar-refractivity contribution is 0.112. The average molecular weight is 284 g/mol. The zero-order chi connectivity index (χ0) is 15.1. The molecule has 0 atom stereocenters. The Morgan fingerprint density at radius 2 is 1.81 bits per heavy atom. The quantitative estimate of drug-likeness (QED) is 0.825. The number of hydrogen-bond donors (Lipinski definition) is 2. The van der Waals surface area contributed by atoms with Gasteiger partial charge in [-0.05, 0) is 43.3 Å². The Balaban J connectivity index is 1.97. The molecule has 0 unspecified atom stereocenters. The molecule has 2 amide bonds. The molecule has 0 heterocycles. The lowest BCUT2D eigenvalue weighted by Gasteiger charge is -2.09. The van der Waals surface area contributed by atoms with Crippen LogP contribution < -0.4 is 15.4 Å². The summed E-state index contributed by atoms with van der Waals surface area (Å²) in [5.74, 6) is 0.700. The minimum Gasteiger partial charge on any atom is -0.494 e. The van der Waals surface area contributed by atoms with Crippen molar-refractivity contribution in [3.8, 4) is 5.75 Å². The maximum absolute atomic E-state index is 11.9. The van der Waals surface area contributed by atoms with Gasteiger partial charge in [-0.3, -0.25) is 4.79 Å². The Bertz CT molecular complexity index is 624. The Morgan fingerprint density at radius 3 is 2.48 bits per heavy atom. The van der Waals surface area contributed by atoms with Crippen LogP contribution in [0.5, 0.6) is 5.75 Å². The van der Waals surface area contributed by atoms with Crippen LogP contribution in [0.1, 0.15) is 17.3 Å². The van der Waals surface area contributed by atoms with E-state index in [1.54, 1.807) is 42.5 Å². The minimum absolute atomic E-state index is 0.359. The van der Waals surface area contributed by atoms with Gasteiger partial charge in [-0.1, -0.05) is 6.07 Å². The topological polar surface area (TPSA) is 67.4 Å². The number of benzene rings is 2. The molecular formula is C16H16N2O3. The van der Waals surface area contributed by atoms with E-state index in [4.69, 9.17) is 4.74 Å². The zero-order valence-corrected chi connectivity index (χ0v) is 11.6. The molecule has 2 rings (SSSR count). The third-order valence-corrected chi connectivity index (χ3v) is 2.71. The van der Waals surface area contributed by atoms with Gasteiger partial charge in [-0.25, -0.2) is 4.79 Å². The summed E-state index contributed by atoms with van der Waals surface area (Å²) in [5, 5.41) is 5.40. The number of carbonyl (C=O) groups excluding carboxylic acids is 2. The number of carbonyl (C=O) groups is 2. The number of anilines is 2. The number of aldehydes is 1. The second-order valence-electron chi connectivity index (χ2n) is 4.28. The van der Waals surface area contributed by atoms with Gasteiger partial charge < -0.3 is 15.4 Å². The van der Waals surface area contributed by atoms with E-state index >= 15 is 0 Å². The van der Waals surface area contributed by atoms with E-state index in [-0.39, 0.29) is 6.03 Å². The fourth-order valence-corrected chi connectivity index (χ4v) is 1.77. The molecule has 5 nitrogen and oxygen atoms in total. The third-order valence-electron chi connectivity index (χ3n) is 2.71. The van der Waals surface area contributed by atoms with E-state index in [2.05, 4.69) is 10.6 Å². The summed E-state index contributed by atoms with van der Waals surface area (Å²) in [5.41, 5.74) is 1.81. The van der Waals surface area contributed by atoms with E-state index in [1.807, 2.05) is 13.0 Å². The van der Waals surface area contributed by atoms with Crippen LogP contribution in [-0.4, -0.2) is 18.9 Å². The molecule has 0 aliphatic rings. The van der Waals surface area contributed by atoms with Crippen molar-refractivity contribution in [3.05, 3.63) is 54.1 Å². The maximum atomic E-state index is 11.9. The van der Waals surface area contributed by atoms with E-state index in [0.717, 1.165) is 6.29 Å². The monoisotopic (exact) mass is 284 g/mol. The first-order chi connectivity index (χ1) is 10.2. The first-order valence-electron chi connectivity index (χ1n) is 6.57. The van der Waals surface area contributed by atoms with E-state index in [9.17, 15) is 9.59 Å².